The van der Waals surface area contributed by atoms with Crippen LogP contribution in [0.4, 0.5) is 5.69 Å². The van der Waals surface area contributed by atoms with Gasteiger partial charge in [0.15, 0.2) is 0 Å². The summed E-state index contributed by atoms with van der Waals surface area (Å²) < 4.78 is 43.9. The van der Waals surface area contributed by atoms with E-state index in [1.807, 2.05) is 12.1 Å². The molecule has 4 rings (SSSR count). The summed E-state index contributed by atoms with van der Waals surface area (Å²) in [6, 6.07) is 12.0. The molecule has 0 saturated heterocycles. The van der Waals surface area contributed by atoms with Gasteiger partial charge in [-0.05, 0) is 66.8 Å². The van der Waals surface area contributed by atoms with Gasteiger partial charge >= 0.3 is 5.97 Å². The summed E-state index contributed by atoms with van der Waals surface area (Å²) in [4.78, 5) is 85.1. The first-order valence-corrected chi connectivity index (χ1v) is 25.2. The van der Waals surface area contributed by atoms with Crippen LogP contribution in [0.5, 0.6) is 0 Å². The molecule has 3 unspecified atom stereocenters. The molecular formula is C50H69Cl2N5O16. The Morgan fingerprint density at radius 2 is 1.12 bits per heavy atom. The van der Waals surface area contributed by atoms with E-state index in [4.69, 9.17) is 61.1 Å². The van der Waals surface area contributed by atoms with Crippen LogP contribution in [0, 0.1) is 17.8 Å². The fraction of sp³-hybridized carbons (Fsp3) is 0.580. The van der Waals surface area contributed by atoms with Gasteiger partial charge in [0.1, 0.15) is 0 Å². The van der Waals surface area contributed by atoms with Gasteiger partial charge in [0.2, 0.25) is 18.2 Å². The number of hydrogen-bond donors (Lipinski definition) is 5. The van der Waals surface area contributed by atoms with E-state index >= 15 is 0 Å². The molecule has 0 bridgehead atoms. The molecule has 1 saturated carbocycles. The normalized spacial score (nSPS) is 16.7. The third-order valence-electron chi connectivity index (χ3n) is 11.8. The van der Waals surface area contributed by atoms with Crippen molar-refractivity contribution >= 4 is 70.8 Å². The lowest BCUT2D eigenvalue weighted by atomic mass is 9.75. The first-order valence-electron chi connectivity index (χ1n) is 24.4. The van der Waals surface area contributed by atoms with E-state index in [0.717, 1.165) is 16.9 Å². The summed E-state index contributed by atoms with van der Waals surface area (Å²) in [7, 11) is 0. The number of amides is 6. The molecule has 0 spiro atoms. The first kappa shape index (κ1) is 60.5. The maximum Gasteiger partial charge on any atom is 0.308 e. The Hall–Kier alpha value is -5.07. The van der Waals surface area contributed by atoms with Gasteiger partial charge in [-0.3, -0.25) is 38.5 Å². The van der Waals surface area contributed by atoms with Gasteiger partial charge in [-0.1, -0.05) is 41.4 Å². The minimum absolute atomic E-state index is 0.0251. The number of imide groups is 1. The Morgan fingerprint density at radius 3 is 1.63 bits per heavy atom. The summed E-state index contributed by atoms with van der Waals surface area (Å²) in [5.74, 6) is -4.07. The molecule has 1 aliphatic carbocycles. The molecule has 5 N–H and O–H groups in total. The average Bonchev–Trinajstić information content (AvgIpc) is 3.93. The number of benzene rings is 2. The number of carbonyl (C=O) groups is 7. The SMILES string of the molecule is O=CNC[C@@H](C(=O)O)C1C(CCNC(=O)CCOCCOCCOCCOCCOCCOCCOCCOCCNC(=O)CCN2C(=O)C=CC2=O)CCC1c1ccc(NC(=O)c2c(Cl)cccc2Cl)cc1. The van der Waals surface area contributed by atoms with E-state index in [1.54, 1.807) is 30.3 Å². The highest BCUT2D eigenvalue weighted by atomic mass is 35.5. The number of nitrogens with zero attached hydrogens (tertiary/aromatic N) is 1. The number of aliphatic carboxylic acids is 1. The van der Waals surface area contributed by atoms with Gasteiger partial charge in [0, 0.05) is 56.9 Å². The van der Waals surface area contributed by atoms with Crippen molar-refractivity contribution in [2.75, 3.05) is 137 Å². The molecular weight excluding hydrogens is 997 g/mol. The zero-order chi connectivity index (χ0) is 52.5. The lowest BCUT2D eigenvalue weighted by Gasteiger charge is -2.31. The van der Waals surface area contributed by atoms with Crippen LogP contribution in [-0.4, -0.2) is 184 Å². The highest BCUT2D eigenvalue weighted by Gasteiger charge is 2.44. The van der Waals surface area contributed by atoms with Gasteiger partial charge in [-0.2, -0.15) is 0 Å². The number of hydrogen-bond acceptors (Lipinski definition) is 15. The van der Waals surface area contributed by atoms with Crippen LogP contribution in [0.3, 0.4) is 0 Å². The molecule has 23 heteroatoms. The number of ether oxygens (including phenoxy) is 8. The largest absolute Gasteiger partial charge is 0.481 e. The number of anilines is 1. The van der Waals surface area contributed by atoms with Gasteiger partial charge in [0.05, 0.1) is 127 Å². The second-order valence-electron chi connectivity index (χ2n) is 16.7. The Bertz CT molecular complexity index is 2010. The Kier molecular flexibility index (Phi) is 29.8. The maximum atomic E-state index is 12.9. The predicted molar refractivity (Wildman–Crippen MR) is 267 cm³/mol. The highest BCUT2D eigenvalue weighted by molar-refractivity contribution is 6.40. The molecule has 21 nitrogen and oxygen atoms in total. The molecule has 1 aliphatic heterocycles. The lowest BCUT2D eigenvalue weighted by molar-refractivity contribution is -0.144. The monoisotopic (exact) mass is 1070 g/mol. The van der Waals surface area contributed by atoms with Crippen molar-refractivity contribution in [3.63, 3.8) is 0 Å². The fourth-order valence-corrected chi connectivity index (χ4v) is 8.80. The van der Waals surface area contributed by atoms with Crippen molar-refractivity contribution in [3.8, 4) is 0 Å². The highest BCUT2D eigenvalue weighted by Crippen LogP contribution is 2.49. The van der Waals surface area contributed by atoms with Crippen molar-refractivity contribution in [2.45, 2.75) is 38.0 Å². The van der Waals surface area contributed by atoms with Crippen LogP contribution in [0.25, 0.3) is 0 Å². The molecule has 1 heterocycles. The third kappa shape index (κ3) is 23.3. The van der Waals surface area contributed by atoms with Crippen molar-refractivity contribution < 1.29 is 76.6 Å². The smallest absolute Gasteiger partial charge is 0.308 e. The topological polar surface area (TPSA) is 265 Å². The molecule has 0 aromatic heterocycles. The van der Waals surface area contributed by atoms with Crippen LogP contribution >= 0.6 is 23.2 Å². The zero-order valence-electron chi connectivity index (χ0n) is 41.0. The van der Waals surface area contributed by atoms with Crippen molar-refractivity contribution in [3.05, 3.63) is 75.8 Å². The Balaban J connectivity index is 0.921. The standard InChI is InChI=1S/C50H69Cl2N5O16/c51-41-2-1-3-42(52)48(41)49(63)56-38-7-4-36(5-8-38)39-9-6-37(47(39)40(50(64)65)34-53-35-58)12-15-54-44(60)14-18-66-20-22-68-24-26-70-28-30-72-32-33-73-31-29-71-27-25-69-23-21-67-19-16-55-43(59)13-17-57-45(61)10-11-46(57)62/h1-5,7-8,10-11,35,37,39-40,47H,6,9,12-34H2,(H,53,58)(H,54,60)(H,55,59)(H,56,63)(H,64,65)/t37?,39?,40-,47?/m1/s1. The minimum atomic E-state index is -1.01. The van der Waals surface area contributed by atoms with E-state index in [1.165, 1.54) is 12.2 Å². The number of halogens is 2. The Morgan fingerprint density at radius 1 is 0.644 bits per heavy atom. The van der Waals surface area contributed by atoms with Gasteiger partial charge < -0.3 is 64.3 Å². The minimum Gasteiger partial charge on any atom is -0.481 e. The van der Waals surface area contributed by atoms with Crippen molar-refractivity contribution in [2.24, 2.45) is 17.8 Å². The number of carbonyl (C=O) groups excluding carboxylic acids is 6. The third-order valence-corrected chi connectivity index (χ3v) is 12.4. The maximum absolute atomic E-state index is 12.9. The van der Waals surface area contributed by atoms with Crippen LogP contribution in [0.1, 0.15) is 53.9 Å². The second kappa shape index (κ2) is 36.0. The molecule has 2 aromatic rings. The van der Waals surface area contributed by atoms with E-state index < -0.39 is 29.6 Å². The van der Waals surface area contributed by atoms with Gasteiger partial charge in [-0.15, -0.1) is 0 Å². The molecule has 2 aromatic carbocycles. The molecule has 0 radical (unpaired) electrons. The summed E-state index contributed by atoms with van der Waals surface area (Å²) in [6.45, 7) is 6.68. The number of nitrogens with one attached hydrogen (secondary N) is 4. The number of rotatable bonds is 41. The van der Waals surface area contributed by atoms with Crippen LogP contribution in [0.15, 0.2) is 54.6 Å². The number of carboxylic acid groups (broad SMARTS) is 1. The Labute approximate surface area is 435 Å². The first-order chi connectivity index (χ1) is 35.5. The van der Waals surface area contributed by atoms with E-state index in [-0.39, 0.29) is 77.7 Å². The lowest BCUT2D eigenvalue weighted by Crippen LogP contribution is -2.38. The quantitative estimate of drug-likeness (QED) is 0.0364. The fourth-order valence-electron chi connectivity index (χ4n) is 8.23. The molecule has 2 aliphatic rings. The van der Waals surface area contributed by atoms with E-state index in [0.29, 0.717) is 137 Å². The van der Waals surface area contributed by atoms with Crippen LogP contribution < -0.4 is 21.3 Å². The van der Waals surface area contributed by atoms with E-state index in [9.17, 15) is 38.7 Å². The summed E-state index contributed by atoms with van der Waals surface area (Å²) in [5.41, 5.74) is 1.59. The van der Waals surface area contributed by atoms with Gasteiger partial charge in [0.25, 0.3) is 17.7 Å². The zero-order valence-corrected chi connectivity index (χ0v) is 42.5. The molecule has 4 atom stereocenters. The van der Waals surface area contributed by atoms with Crippen molar-refractivity contribution in [1.29, 1.82) is 0 Å². The van der Waals surface area contributed by atoms with Crippen molar-refractivity contribution in [1.82, 2.24) is 20.9 Å². The van der Waals surface area contributed by atoms with E-state index in [2.05, 4.69) is 21.3 Å². The van der Waals surface area contributed by atoms with Crippen LogP contribution in [-0.2, 0) is 66.7 Å². The predicted octanol–water partition coefficient (Wildman–Crippen LogP) is 3.26. The summed E-state index contributed by atoms with van der Waals surface area (Å²) in [5, 5.41) is 21.7. The average molecular weight is 1070 g/mol. The summed E-state index contributed by atoms with van der Waals surface area (Å²) in [6.07, 6.45) is 5.07. The molecule has 73 heavy (non-hydrogen) atoms. The van der Waals surface area contributed by atoms with Gasteiger partial charge in [-0.25, -0.2) is 0 Å². The molecule has 6 amide bonds. The molecule has 404 valence electrons. The second-order valence-corrected chi connectivity index (χ2v) is 17.5. The summed E-state index contributed by atoms with van der Waals surface area (Å²) >= 11 is 12.4. The molecule has 1 fully saturated rings. The number of carboxylic acids is 1. The van der Waals surface area contributed by atoms with Crippen LogP contribution in [0.2, 0.25) is 10.0 Å².